The number of amides is 1. The summed E-state index contributed by atoms with van der Waals surface area (Å²) in [5.74, 6) is 0. The van der Waals surface area contributed by atoms with Gasteiger partial charge >= 0.3 is 6.09 Å². The maximum absolute atomic E-state index is 10.8. The zero-order valence-electron chi connectivity index (χ0n) is 7.74. The highest BCUT2D eigenvalue weighted by Gasteiger charge is 2.30. The third-order valence-electron chi connectivity index (χ3n) is 2.25. The van der Waals surface area contributed by atoms with E-state index in [-0.39, 0.29) is 18.0 Å². The Morgan fingerprint density at radius 1 is 1.47 bits per heavy atom. The lowest BCUT2D eigenvalue weighted by Crippen LogP contribution is -2.30. The molecule has 1 amide bonds. The van der Waals surface area contributed by atoms with Crippen LogP contribution in [0, 0.1) is 0 Å². The molecule has 0 unspecified atom stereocenters. The third kappa shape index (κ3) is 2.19. The van der Waals surface area contributed by atoms with Gasteiger partial charge in [0.05, 0.1) is 11.4 Å². The van der Waals surface area contributed by atoms with Gasteiger partial charge in [0.2, 0.25) is 0 Å². The molecule has 1 fully saturated rings. The first-order valence-electron chi connectivity index (χ1n) is 4.50. The fourth-order valence-electron chi connectivity index (χ4n) is 1.47. The van der Waals surface area contributed by atoms with Gasteiger partial charge in [-0.15, -0.1) is 11.6 Å². The molecule has 0 aromatic heterocycles. The number of alkyl halides is 1. The van der Waals surface area contributed by atoms with Crippen molar-refractivity contribution in [1.82, 2.24) is 5.32 Å². The summed E-state index contributed by atoms with van der Waals surface area (Å²) in [6.07, 6.45) is -0.433. The zero-order chi connectivity index (χ0) is 10.8. The largest absolute Gasteiger partial charge is 0.447 e. The Kier molecular flexibility index (Phi) is 3.03. The Bertz CT molecular complexity index is 383. The average molecular weight is 246 g/mol. The van der Waals surface area contributed by atoms with Crippen LogP contribution in [0.25, 0.3) is 0 Å². The van der Waals surface area contributed by atoms with E-state index in [1.54, 1.807) is 6.07 Å². The van der Waals surface area contributed by atoms with Crippen molar-refractivity contribution in [3.8, 4) is 0 Å². The zero-order valence-corrected chi connectivity index (χ0v) is 9.26. The minimum Gasteiger partial charge on any atom is -0.447 e. The number of hydrogen-bond acceptors (Lipinski definition) is 2. The molecule has 1 heterocycles. The summed E-state index contributed by atoms with van der Waals surface area (Å²) in [4.78, 5) is 10.8. The van der Waals surface area contributed by atoms with Gasteiger partial charge in [-0.25, -0.2) is 4.79 Å². The Morgan fingerprint density at radius 2 is 2.20 bits per heavy atom. The first-order chi connectivity index (χ1) is 7.18. The first-order valence-corrected chi connectivity index (χ1v) is 5.31. The van der Waals surface area contributed by atoms with E-state index in [1.165, 1.54) is 0 Å². The van der Waals surface area contributed by atoms with Crippen molar-refractivity contribution in [2.24, 2.45) is 0 Å². The predicted octanol–water partition coefficient (Wildman–Crippen LogP) is 2.73. The highest BCUT2D eigenvalue weighted by molar-refractivity contribution is 6.32. The van der Waals surface area contributed by atoms with Crippen molar-refractivity contribution in [1.29, 1.82) is 0 Å². The topological polar surface area (TPSA) is 38.3 Å². The second-order valence-corrected chi connectivity index (χ2v) is 4.15. The van der Waals surface area contributed by atoms with E-state index >= 15 is 0 Å². The molecular weight excluding hydrogens is 237 g/mol. The Balaban J connectivity index is 2.17. The minimum absolute atomic E-state index is 0.223. The molecule has 1 aromatic carbocycles. The molecule has 1 N–H and O–H groups in total. The molecule has 1 aliphatic rings. The number of carbonyl (C=O) groups excluding carboxylic acids is 1. The van der Waals surface area contributed by atoms with Crippen LogP contribution in [0.2, 0.25) is 5.02 Å². The van der Waals surface area contributed by atoms with Crippen LogP contribution in [0.15, 0.2) is 24.3 Å². The lowest BCUT2D eigenvalue weighted by Gasteiger charge is -2.16. The van der Waals surface area contributed by atoms with Crippen molar-refractivity contribution in [3.63, 3.8) is 0 Å². The van der Waals surface area contributed by atoms with E-state index in [9.17, 15) is 4.79 Å². The number of cyclic esters (lactones) is 1. The molecule has 1 aromatic rings. The van der Waals surface area contributed by atoms with Gasteiger partial charge in [-0.05, 0) is 11.6 Å². The SMILES string of the molecule is O=C1N[C@@H]([C@@H](Cl)c2ccccc2Cl)CO1. The van der Waals surface area contributed by atoms with Crippen LogP contribution in [0.4, 0.5) is 4.79 Å². The summed E-state index contributed by atoms with van der Waals surface area (Å²) in [7, 11) is 0. The van der Waals surface area contributed by atoms with Crippen LogP contribution >= 0.6 is 23.2 Å². The van der Waals surface area contributed by atoms with Crippen molar-refractivity contribution < 1.29 is 9.53 Å². The van der Waals surface area contributed by atoms with Gasteiger partial charge < -0.3 is 10.1 Å². The van der Waals surface area contributed by atoms with Gasteiger partial charge in [0.15, 0.2) is 0 Å². The molecule has 15 heavy (non-hydrogen) atoms. The van der Waals surface area contributed by atoms with Crippen molar-refractivity contribution >= 4 is 29.3 Å². The molecule has 0 saturated carbocycles. The fraction of sp³-hybridized carbons (Fsp3) is 0.300. The normalized spacial score (nSPS) is 22.0. The number of ether oxygens (including phenoxy) is 1. The van der Waals surface area contributed by atoms with E-state index in [1.807, 2.05) is 18.2 Å². The standard InChI is InChI=1S/C10H9Cl2NO2/c11-7-4-2-1-3-6(7)9(12)8-5-15-10(14)13-8/h1-4,8-9H,5H2,(H,13,14)/t8-,9+/m1/s1. The monoisotopic (exact) mass is 245 g/mol. The molecule has 1 saturated heterocycles. The molecule has 0 radical (unpaired) electrons. The van der Waals surface area contributed by atoms with Crippen LogP contribution < -0.4 is 5.32 Å². The van der Waals surface area contributed by atoms with Gasteiger partial charge in [0, 0.05) is 5.02 Å². The second-order valence-electron chi connectivity index (χ2n) is 3.27. The summed E-state index contributed by atoms with van der Waals surface area (Å²) in [5.41, 5.74) is 0.802. The van der Waals surface area contributed by atoms with E-state index in [2.05, 4.69) is 5.32 Å². The van der Waals surface area contributed by atoms with E-state index < -0.39 is 6.09 Å². The summed E-state index contributed by atoms with van der Waals surface area (Å²) in [6, 6.07) is 7.07. The number of alkyl carbamates (subject to hydrolysis) is 1. The van der Waals surface area contributed by atoms with Gasteiger partial charge in [-0.2, -0.15) is 0 Å². The third-order valence-corrected chi connectivity index (χ3v) is 3.14. The fourth-order valence-corrected chi connectivity index (χ4v) is 2.11. The van der Waals surface area contributed by atoms with E-state index in [4.69, 9.17) is 27.9 Å². The quantitative estimate of drug-likeness (QED) is 0.814. The van der Waals surface area contributed by atoms with Crippen LogP contribution in [0.3, 0.4) is 0 Å². The minimum atomic E-state index is -0.433. The lowest BCUT2D eigenvalue weighted by atomic mass is 10.1. The van der Waals surface area contributed by atoms with Crippen LogP contribution in [0.1, 0.15) is 10.9 Å². The molecule has 0 bridgehead atoms. The van der Waals surface area contributed by atoms with Crippen molar-refractivity contribution in [2.75, 3.05) is 6.61 Å². The Morgan fingerprint density at radius 3 is 2.80 bits per heavy atom. The molecule has 2 rings (SSSR count). The summed E-state index contributed by atoms with van der Waals surface area (Å²) in [5, 5.41) is 2.85. The molecule has 0 spiro atoms. The molecule has 1 aliphatic heterocycles. The number of hydrogen-bond donors (Lipinski definition) is 1. The summed E-state index contributed by atoms with van der Waals surface area (Å²) >= 11 is 12.2. The van der Waals surface area contributed by atoms with Gasteiger partial charge in [0.25, 0.3) is 0 Å². The number of rotatable bonds is 2. The van der Waals surface area contributed by atoms with Gasteiger partial charge in [-0.1, -0.05) is 29.8 Å². The van der Waals surface area contributed by atoms with Crippen molar-refractivity contribution in [3.05, 3.63) is 34.9 Å². The van der Waals surface area contributed by atoms with Crippen LogP contribution in [0.5, 0.6) is 0 Å². The average Bonchev–Trinajstić information content (AvgIpc) is 2.65. The van der Waals surface area contributed by atoms with Crippen LogP contribution in [-0.4, -0.2) is 18.7 Å². The number of nitrogens with one attached hydrogen (secondary N) is 1. The smallest absolute Gasteiger partial charge is 0.407 e. The number of carbonyl (C=O) groups is 1. The molecule has 80 valence electrons. The highest BCUT2D eigenvalue weighted by atomic mass is 35.5. The van der Waals surface area contributed by atoms with E-state index in [0.29, 0.717) is 5.02 Å². The number of benzene rings is 1. The molecule has 3 nitrogen and oxygen atoms in total. The summed E-state index contributed by atoms with van der Waals surface area (Å²) < 4.78 is 4.77. The number of halogens is 2. The molecule has 0 aliphatic carbocycles. The van der Waals surface area contributed by atoms with E-state index in [0.717, 1.165) is 5.56 Å². The highest BCUT2D eigenvalue weighted by Crippen LogP contribution is 2.31. The Hall–Kier alpha value is -0.930. The molecule has 2 atom stereocenters. The molecular formula is C10H9Cl2NO2. The van der Waals surface area contributed by atoms with Gasteiger partial charge in [0.1, 0.15) is 6.61 Å². The van der Waals surface area contributed by atoms with Crippen molar-refractivity contribution in [2.45, 2.75) is 11.4 Å². The lowest BCUT2D eigenvalue weighted by molar-refractivity contribution is 0.176. The first kappa shape index (κ1) is 10.6. The summed E-state index contributed by atoms with van der Waals surface area (Å²) in [6.45, 7) is 0.276. The Labute approximate surface area is 97.3 Å². The maximum Gasteiger partial charge on any atom is 0.407 e. The van der Waals surface area contributed by atoms with Crippen LogP contribution in [-0.2, 0) is 4.74 Å². The predicted molar refractivity (Wildman–Crippen MR) is 58.3 cm³/mol. The second kappa shape index (κ2) is 4.29. The molecule has 5 heteroatoms. The van der Waals surface area contributed by atoms with Gasteiger partial charge in [-0.3, -0.25) is 0 Å². The maximum atomic E-state index is 10.8.